The summed E-state index contributed by atoms with van der Waals surface area (Å²) in [6.07, 6.45) is 0. The number of nitrogens with zero attached hydrogens (tertiary/aromatic N) is 1. The first-order valence-corrected chi connectivity index (χ1v) is 6.99. The lowest BCUT2D eigenvalue weighted by atomic mass is 10.1. The van der Waals surface area contributed by atoms with Crippen LogP contribution in [0.25, 0.3) is 0 Å². The largest absolute Gasteiger partial charge is 0.399 e. The first-order valence-electron chi connectivity index (χ1n) is 5.92. The maximum Gasteiger partial charge on any atom is 0.253 e. The fourth-order valence-corrected chi connectivity index (χ4v) is 2.21. The van der Waals surface area contributed by atoms with Crippen molar-refractivity contribution in [2.45, 2.75) is 6.54 Å². The highest BCUT2D eigenvalue weighted by molar-refractivity contribution is 14.1. The number of carbonyl (C=O) groups excluding carboxylic acids is 1. The van der Waals surface area contributed by atoms with Crippen molar-refractivity contribution in [2.24, 2.45) is 0 Å². The number of benzene rings is 2. The van der Waals surface area contributed by atoms with Crippen molar-refractivity contribution in [3.8, 4) is 0 Å². The predicted octanol–water partition coefficient (Wildman–Crippen LogP) is 3.15. The van der Waals surface area contributed by atoms with E-state index in [1.807, 2.05) is 48.5 Å². The van der Waals surface area contributed by atoms with Crippen molar-refractivity contribution in [3.05, 3.63) is 63.2 Å². The smallest absolute Gasteiger partial charge is 0.253 e. The van der Waals surface area contributed by atoms with Crippen molar-refractivity contribution in [2.75, 3.05) is 12.8 Å². The summed E-state index contributed by atoms with van der Waals surface area (Å²) in [4.78, 5) is 13.9. The van der Waals surface area contributed by atoms with Crippen LogP contribution in [0.3, 0.4) is 0 Å². The second-order valence-electron chi connectivity index (χ2n) is 4.41. The molecule has 0 saturated carbocycles. The minimum Gasteiger partial charge on any atom is -0.399 e. The molecular weight excluding hydrogens is 351 g/mol. The molecule has 0 saturated heterocycles. The second kappa shape index (κ2) is 6.06. The Hall–Kier alpha value is -1.56. The first-order chi connectivity index (χ1) is 9.06. The number of anilines is 1. The van der Waals surface area contributed by atoms with E-state index in [9.17, 15) is 4.79 Å². The number of rotatable bonds is 3. The molecule has 0 spiro atoms. The van der Waals surface area contributed by atoms with Gasteiger partial charge in [-0.3, -0.25) is 4.79 Å². The van der Waals surface area contributed by atoms with E-state index in [-0.39, 0.29) is 5.91 Å². The third kappa shape index (κ3) is 3.70. The lowest BCUT2D eigenvalue weighted by Gasteiger charge is -2.17. The molecule has 4 heteroatoms. The fraction of sp³-hybridized carbons (Fsp3) is 0.133. The summed E-state index contributed by atoms with van der Waals surface area (Å²) in [5.74, 6) is 0.0128. The molecule has 1 amide bonds. The standard InChI is InChI=1S/C15H15IN2O/c1-18(10-11-3-2-4-14(17)9-11)15(19)12-5-7-13(16)8-6-12/h2-9H,10,17H2,1H3. The van der Waals surface area contributed by atoms with Gasteiger partial charge < -0.3 is 10.6 Å². The molecule has 2 N–H and O–H groups in total. The molecule has 19 heavy (non-hydrogen) atoms. The van der Waals surface area contributed by atoms with Crippen molar-refractivity contribution in [1.29, 1.82) is 0 Å². The summed E-state index contributed by atoms with van der Waals surface area (Å²) >= 11 is 2.22. The Kier molecular flexibility index (Phi) is 4.42. The van der Waals surface area contributed by atoms with Gasteiger partial charge in [-0.25, -0.2) is 0 Å². The molecule has 0 atom stereocenters. The van der Waals surface area contributed by atoms with Gasteiger partial charge in [-0.2, -0.15) is 0 Å². The lowest BCUT2D eigenvalue weighted by Crippen LogP contribution is -2.26. The molecule has 0 bridgehead atoms. The minimum atomic E-state index is 0.0128. The summed E-state index contributed by atoms with van der Waals surface area (Å²) < 4.78 is 1.12. The van der Waals surface area contributed by atoms with Gasteiger partial charge >= 0.3 is 0 Å². The van der Waals surface area contributed by atoms with E-state index in [1.165, 1.54) is 0 Å². The van der Waals surface area contributed by atoms with Crippen LogP contribution in [0.15, 0.2) is 48.5 Å². The van der Waals surface area contributed by atoms with E-state index >= 15 is 0 Å². The number of hydrogen-bond acceptors (Lipinski definition) is 2. The molecule has 0 aliphatic carbocycles. The van der Waals surface area contributed by atoms with Crippen molar-refractivity contribution >= 4 is 34.2 Å². The molecule has 0 aliphatic rings. The Labute approximate surface area is 126 Å². The number of carbonyl (C=O) groups is 1. The van der Waals surface area contributed by atoms with E-state index < -0.39 is 0 Å². The molecule has 2 aromatic rings. The first kappa shape index (κ1) is 13.9. The average Bonchev–Trinajstić information content (AvgIpc) is 2.39. The van der Waals surface area contributed by atoms with Gasteiger partial charge in [0.1, 0.15) is 0 Å². The molecule has 2 aromatic carbocycles. The number of halogens is 1. The van der Waals surface area contributed by atoms with Gasteiger partial charge in [0.25, 0.3) is 5.91 Å². The van der Waals surface area contributed by atoms with Crippen LogP contribution in [0.4, 0.5) is 5.69 Å². The normalized spacial score (nSPS) is 10.2. The monoisotopic (exact) mass is 366 g/mol. The highest BCUT2D eigenvalue weighted by Gasteiger charge is 2.11. The van der Waals surface area contributed by atoms with E-state index in [0.29, 0.717) is 17.8 Å². The summed E-state index contributed by atoms with van der Waals surface area (Å²) in [6.45, 7) is 0.551. The van der Waals surface area contributed by atoms with Crippen LogP contribution in [0.1, 0.15) is 15.9 Å². The third-order valence-electron chi connectivity index (χ3n) is 2.81. The molecule has 3 nitrogen and oxygen atoms in total. The molecule has 0 radical (unpaired) electrons. The number of hydrogen-bond donors (Lipinski definition) is 1. The highest BCUT2D eigenvalue weighted by Crippen LogP contribution is 2.12. The van der Waals surface area contributed by atoms with Gasteiger partial charge in [-0.15, -0.1) is 0 Å². The Balaban J connectivity index is 2.09. The topological polar surface area (TPSA) is 46.3 Å². The number of nitrogen functional groups attached to an aromatic ring is 1. The molecule has 2 rings (SSSR count). The van der Waals surface area contributed by atoms with Crippen LogP contribution in [-0.2, 0) is 6.54 Å². The third-order valence-corrected chi connectivity index (χ3v) is 3.53. The lowest BCUT2D eigenvalue weighted by molar-refractivity contribution is 0.0785. The average molecular weight is 366 g/mol. The van der Waals surface area contributed by atoms with Gasteiger partial charge in [0.2, 0.25) is 0 Å². The summed E-state index contributed by atoms with van der Waals surface area (Å²) in [6, 6.07) is 15.1. The molecule has 98 valence electrons. The highest BCUT2D eigenvalue weighted by atomic mass is 127. The maximum absolute atomic E-state index is 12.2. The second-order valence-corrected chi connectivity index (χ2v) is 5.66. The predicted molar refractivity (Wildman–Crippen MR) is 85.8 cm³/mol. The van der Waals surface area contributed by atoms with E-state index in [1.54, 1.807) is 11.9 Å². The quantitative estimate of drug-likeness (QED) is 0.670. The van der Waals surface area contributed by atoms with Crippen molar-refractivity contribution in [3.63, 3.8) is 0 Å². The molecule has 0 fully saturated rings. The van der Waals surface area contributed by atoms with Crippen LogP contribution in [-0.4, -0.2) is 17.9 Å². The van der Waals surface area contributed by atoms with Gasteiger partial charge in [0.15, 0.2) is 0 Å². The Morgan fingerprint density at radius 1 is 1.21 bits per heavy atom. The molecule has 0 aromatic heterocycles. The molecule has 0 unspecified atom stereocenters. The molecule has 0 heterocycles. The van der Waals surface area contributed by atoms with Crippen LogP contribution in [0.2, 0.25) is 0 Å². The molecular formula is C15H15IN2O. The van der Waals surface area contributed by atoms with E-state index in [4.69, 9.17) is 5.73 Å². The zero-order chi connectivity index (χ0) is 13.8. The zero-order valence-corrected chi connectivity index (χ0v) is 12.8. The minimum absolute atomic E-state index is 0.0128. The maximum atomic E-state index is 12.2. The number of amides is 1. The van der Waals surface area contributed by atoms with Crippen LogP contribution < -0.4 is 5.73 Å². The van der Waals surface area contributed by atoms with E-state index in [0.717, 1.165) is 9.13 Å². The summed E-state index contributed by atoms with van der Waals surface area (Å²) in [5.41, 5.74) is 8.18. The zero-order valence-electron chi connectivity index (χ0n) is 10.6. The Bertz CT molecular complexity index is 581. The van der Waals surface area contributed by atoms with Crippen molar-refractivity contribution < 1.29 is 4.79 Å². The summed E-state index contributed by atoms with van der Waals surface area (Å²) in [5, 5.41) is 0. The van der Waals surface area contributed by atoms with Gasteiger partial charge in [-0.05, 0) is 64.6 Å². The molecule has 0 aliphatic heterocycles. The SMILES string of the molecule is CN(Cc1cccc(N)c1)C(=O)c1ccc(I)cc1. The van der Waals surface area contributed by atoms with Crippen LogP contribution in [0.5, 0.6) is 0 Å². The Morgan fingerprint density at radius 2 is 1.89 bits per heavy atom. The van der Waals surface area contributed by atoms with Gasteiger partial charge in [0, 0.05) is 28.4 Å². The van der Waals surface area contributed by atoms with Crippen LogP contribution in [0, 0.1) is 3.57 Å². The van der Waals surface area contributed by atoms with Crippen LogP contribution >= 0.6 is 22.6 Å². The fourth-order valence-electron chi connectivity index (χ4n) is 1.85. The summed E-state index contributed by atoms with van der Waals surface area (Å²) in [7, 11) is 1.80. The van der Waals surface area contributed by atoms with Gasteiger partial charge in [-0.1, -0.05) is 12.1 Å². The van der Waals surface area contributed by atoms with Gasteiger partial charge in [0.05, 0.1) is 0 Å². The van der Waals surface area contributed by atoms with Crippen molar-refractivity contribution in [1.82, 2.24) is 4.90 Å². The Morgan fingerprint density at radius 3 is 2.53 bits per heavy atom. The van der Waals surface area contributed by atoms with E-state index in [2.05, 4.69) is 22.6 Å². The number of nitrogens with two attached hydrogens (primary N) is 1.